The van der Waals surface area contributed by atoms with Gasteiger partial charge in [0.1, 0.15) is 11.5 Å². The van der Waals surface area contributed by atoms with Gasteiger partial charge in [0, 0.05) is 23.0 Å². The third-order valence-corrected chi connectivity index (χ3v) is 7.61. The second-order valence-electron chi connectivity index (χ2n) is 8.98. The summed E-state index contributed by atoms with van der Waals surface area (Å²) in [5.74, 6) is -1.18. The molecule has 0 radical (unpaired) electrons. The van der Waals surface area contributed by atoms with E-state index in [1.807, 2.05) is 60.7 Å². The molecule has 2 aromatic heterocycles. The summed E-state index contributed by atoms with van der Waals surface area (Å²) < 4.78 is 12.4. The van der Waals surface area contributed by atoms with Crippen molar-refractivity contribution in [3.05, 3.63) is 138 Å². The molecular weight excluding hydrogens is 602 g/mol. The summed E-state index contributed by atoms with van der Waals surface area (Å²) in [4.78, 5) is 27.2. The lowest BCUT2D eigenvalue weighted by Gasteiger charge is -2.43. The van der Waals surface area contributed by atoms with Gasteiger partial charge >= 0.3 is 0 Å². The first-order valence-corrected chi connectivity index (χ1v) is 13.1. The van der Waals surface area contributed by atoms with Crippen molar-refractivity contribution in [1.29, 1.82) is 0 Å². The van der Waals surface area contributed by atoms with Crippen molar-refractivity contribution in [3.63, 3.8) is 0 Å². The summed E-state index contributed by atoms with van der Waals surface area (Å²) in [5.41, 5.74) is 0.273. The monoisotopic (exact) mass is 621 g/mol. The van der Waals surface area contributed by atoms with Gasteiger partial charge in [-0.05, 0) is 79.4 Å². The topological polar surface area (TPSA) is 86.5 Å². The van der Waals surface area contributed by atoms with Gasteiger partial charge in [0.05, 0.1) is 11.8 Å². The highest BCUT2D eigenvalue weighted by molar-refractivity contribution is 9.10. The van der Waals surface area contributed by atoms with Crippen LogP contribution in [0.25, 0.3) is 12.2 Å². The van der Waals surface area contributed by atoms with Crippen LogP contribution in [-0.4, -0.2) is 16.2 Å². The van der Waals surface area contributed by atoms with Crippen LogP contribution in [0.5, 0.6) is 0 Å². The molecular formula is C29H21Br2NO5. The van der Waals surface area contributed by atoms with Crippen LogP contribution in [0.1, 0.15) is 41.4 Å². The Morgan fingerprint density at radius 3 is 1.49 bits per heavy atom. The van der Waals surface area contributed by atoms with E-state index in [2.05, 4.69) is 31.9 Å². The number of rotatable bonds is 5. The molecule has 1 saturated carbocycles. The maximum atomic E-state index is 14.4. The Morgan fingerprint density at radius 1 is 0.757 bits per heavy atom. The molecule has 1 fully saturated rings. The highest BCUT2D eigenvalue weighted by Gasteiger charge is 2.61. The largest absolute Gasteiger partial charge is 0.450 e. The fourth-order valence-electron chi connectivity index (χ4n) is 5.18. The summed E-state index contributed by atoms with van der Waals surface area (Å²) in [6, 6.07) is 25.2. The molecule has 1 aliphatic carbocycles. The minimum Gasteiger partial charge on any atom is -0.450 e. The molecule has 2 heterocycles. The number of nitrogens with zero attached hydrogens (tertiary/aromatic N) is 1. The van der Waals surface area contributed by atoms with Crippen molar-refractivity contribution in [3.8, 4) is 0 Å². The van der Waals surface area contributed by atoms with E-state index in [-0.39, 0.29) is 21.9 Å². The number of hydrogen-bond acceptors (Lipinski definition) is 5. The van der Waals surface area contributed by atoms with Crippen LogP contribution in [0, 0.1) is 10.1 Å². The number of ketones is 1. The van der Waals surface area contributed by atoms with E-state index in [1.165, 1.54) is 0 Å². The fourth-order valence-corrected chi connectivity index (χ4v) is 5.82. The zero-order chi connectivity index (χ0) is 26.2. The highest BCUT2D eigenvalue weighted by Crippen LogP contribution is 2.54. The van der Waals surface area contributed by atoms with E-state index < -0.39 is 17.4 Å². The second-order valence-corrected chi connectivity index (χ2v) is 10.5. The molecule has 186 valence electrons. The lowest BCUT2D eigenvalue weighted by atomic mass is 9.58. The minimum absolute atomic E-state index is 0.257. The average Bonchev–Trinajstić information content (AvgIpc) is 3.50. The Labute approximate surface area is 230 Å². The molecule has 4 aromatic rings. The van der Waals surface area contributed by atoms with Crippen molar-refractivity contribution in [2.24, 2.45) is 0 Å². The Bertz CT molecular complexity index is 1410. The minimum atomic E-state index is -1.62. The van der Waals surface area contributed by atoms with Gasteiger partial charge in [-0.3, -0.25) is 14.9 Å². The number of nitro groups is 1. The average molecular weight is 623 g/mol. The lowest BCUT2D eigenvalue weighted by molar-refractivity contribution is -0.572. The van der Waals surface area contributed by atoms with Crippen LogP contribution in [0.4, 0.5) is 0 Å². The predicted molar refractivity (Wildman–Crippen MR) is 148 cm³/mol. The number of hydrogen-bond donors (Lipinski definition) is 0. The van der Waals surface area contributed by atoms with E-state index in [0.29, 0.717) is 32.0 Å². The van der Waals surface area contributed by atoms with E-state index in [4.69, 9.17) is 8.83 Å². The van der Waals surface area contributed by atoms with Gasteiger partial charge in [0.15, 0.2) is 15.1 Å². The molecule has 1 aliphatic rings. The molecule has 0 spiro atoms. The van der Waals surface area contributed by atoms with Gasteiger partial charge in [0.25, 0.3) is 0 Å². The SMILES string of the molecule is CC1([N+](=O)[O-])C(c2ccccc2)C(=Cc2ccc(Br)o2)C(=O)C(=Cc2ccc(Br)o2)C1c1ccccc1. The highest BCUT2D eigenvalue weighted by atomic mass is 79.9. The maximum absolute atomic E-state index is 14.4. The van der Waals surface area contributed by atoms with E-state index in [1.54, 1.807) is 43.3 Å². The molecule has 2 unspecified atom stereocenters. The van der Waals surface area contributed by atoms with Gasteiger partial charge in [-0.15, -0.1) is 0 Å². The van der Waals surface area contributed by atoms with Crippen LogP contribution in [0.15, 0.2) is 114 Å². The molecule has 5 rings (SSSR count). The third kappa shape index (κ3) is 4.67. The zero-order valence-electron chi connectivity index (χ0n) is 19.6. The van der Waals surface area contributed by atoms with Gasteiger partial charge < -0.3 is 8.83 Å². The van der Waals surface area contributed by atoms with Gasteiger partial charge in [-0.2, -0.15) is 0 Å². The zero-order valence-corrected chi connectivity index (χ0v) is 22.8. The smallest absolute Gasteiger partial charge is 0.241 e. The Kier molecular flexibility index (Phi) is 6.88. The Balaban J connectivity index is 1.84. The van der Waals surface area contributed by atoms with E-state index in [9.17, 15) is 14.9 Å². The van der Waals surface area contributed by atoms with Crippen LogP contribution in [-0.2, 0) is 4.79 Å². The summed E-state index contributed by atoms with van der Waals surface area (Å²) in [6.45, 7) is 1.62. The first-order chi connectivity index (χ1) is 17.8. The lowest BCUT2D eigenvalue weighted by Crippen LogP contribution is -2.53. The van der Waals surface area contributed by atoms with Gasteiger partial charge in [-0.25, -0.2) is 0 Å². The number of carbonyl (C=O) groups excluding carboxylic acids is 1. The third-order valence-electron chi connectivity index (χ3n) is 6.76. The molecule has 0 N–H and O–H groups in total. The van der Waals surface area contributed by atoms with Crippen molar-refractivity contribution in [2.45, 2.75) is 24.3 Å². The second kappa shape index (κ2) is 10.1. The predicted octanol–water partition coefficient (Wildman–Crippen LogP) is 8.05. The van der Waals surface area contributed by atoms with Crippen LogP contribution in [0.2, 0.25) is 0 Å². The number of Topliss-reactive ketones (excluding diaryl/α,β-unsaturated/α-hetero) is 1. The quantitative estimate of drug-likeness (QED) is 0.128. The molecule has 6 nitrogen and oxygen atoms in total. The Morgan fingerprint density at radius 2 is 1.16 bits per heavy atom. The molecule has 37 heavy (non-hydrogen) atoms. The van der Waals surface area contributed by atoms with Crippen molar-refractivity contribution in [1.82, 2.24) is 0 Å². The summed E-state index contributed by atoms with van der Waals surface area (Å²) in [5, 5.41) is 13.1. The standard InChI is InChI=1S/C29H21Br2NO5/c1-29(32(34)35)26(18-8-4-2-5-9-18)22(16-20-12-14-24(30)36-20)28(33)23(17-21-13-15-25(31)37-21)27(29)19-10-6-3-7-11-19/h2-17,26-27H,1H3. The van der Waals surface area contributed by atoms with Crippen LogP contribution in [0.3, 0.4) is 0 Å². The number of benzene rings is 2. The number of carbonyl (C=O) groups is 1. The first kappa shape index (κ1) is 25.2. The van der Waals surface area contributed by atoms with E-state index >= 15 is 0 Å². The molecule has 8 heteroatoms. The molecule has 2 atom stereocenters. The Hall–Kier alpha value is -3.49. The van der Waals surface area contributed by atoms with Gasteiger partial charge in [0.2, 0.25) is 5.54 Å². The summed E-state index contributed by atoms with van der Waals surface area (Å²) in [6.07, 6.45) is 3.22. The molecule has 0 saturated heterocycles. The van der Waals surface area contributed by atoms with Crippen molar-refractivity contribution >= 4 is 49.8 Å². The number of halogens is 2. The normalized spacial score (nSPS) is 24.0. The molecule has 0 aliphatic heterocycles. The van der Waals surface area contributed by atoms with Crippen LogP contribution >= 0.6 is 31.9 Å². The number of furan rings is 2. The molecule has 0 bridgehead atoms. The maximum Gasteiger partial charge on any atom is 0.241 e. The van der Waals surface area contributed by atoms with Crippen LogP contribution < -0.4 is 0 Å². The summed E-state index contributed by atoms with van der Waals surface area (Å²) >= 11 is 6.60. The molecule has 0 amide bonds. The summed E-state index contributed by atoms with van der Waals surface area (Å²) in [7, 11) is 0. The fraction of sp³-hybridized carbons (Fsp3) is 0.138. The van der Waals surface area contributed by atoms with Gasteiger partial charge in [-0.1, -0.05) is 60.7 Å². The molecule has 2 aromatic carbocycles. The van der Waals surface area contributed by atoms with Crippen molar-refractivity contribution in [2.75, 3.05) is 0 Å². The van der Waals surface area contributed by atoms with Crippen molar-refractivity contribution < 1.29 is 18.6 Å². The first-order valence-electron chi connectivity index (χ1n) is 11.5. The van der Waals surface area contributed by atoms with E-state index in [0.717, 1.165) is 0 Å².